The maximum Gasteiger partial charge on any atom is 0.250 e. The van der Waals surface area contributed by atoms with E-state index < -0.39 is 23.2 Å². The lowest BCUT2D eigenvalue weighted by Gasteiger charge is -2.44. The Morgan fingerprint density at radius 2 is 1.83 bits per heavy atom. The lowest BCUT2D eigenvalue weighted by Crippen LogP contribution is -2.57. The molecule has 0 spiro atoms. The number of methoxy groups -OCH3 is 1. The fraction of sp³-hybridized carbons (Fsp3) is 0.333. The van der Waals surface area contributed by atoms with Crippen LogP contribution in [0, 0.1) is 17.1 Å². The number of hydrogen-bond acceptors (Lipinski definition) is 4. The van der Waals surface area contributed by atoms with Crippen molar-refractivity contribution in [2.24, 2.45) is 0 Å². The molecule has 1 atom stereocenters. The average molecular weight is 482 g/mol. The lowest BCUT2D eigenvalue weighted by molar-refractivity contribution is -0.139. The minimum Gasteiger partial charge on any atom is -0.495 e. The van der Waals surface area contributed by atoms with Gasteiger partial charge in [0.1, 0.15) is 23.2 Å². The molecule has 8 heteroatoms. The van der Waals surface area contributed by atoms with Crippen LogP contribution in [0.5, 0.6) is 5.75 Å². The zero-order chi connectivity index (χ0) is 25.2. The van der Waals surface area contributed by atoms with Crippen molar-refractivity contribution in [2.75, 3.05) is 20.2 Å². The highest BCUT2D eigenvalue weighted by molar-refractivity contribution is 5.91. The van der Waals surface area contributed by atoms with Crippen LogP contribution in [0.1, 0.15) is 36.5 Å². The summed E-state index contributed by atoms with van der Waals surface area (Å²) >= 11 is 0. The standard InChI is InChI=1S/C27H26F3N3O2/c1-26(20-7-9-21(28)10-8-20,33-13-11-27(29,30)12-14-33)25(34)32-17-23-22-6-4-3-5-18(22)15-19(16-31)24(23)35-2/h3-10,15H,11-14,17H2,1-2H3,(H,32,34). The number of carbonyl (C=O) groups is 1. The van der Waals surface area contributed by atoms with Crippen LogP contribution in [0.15, 0.2) is 54.6 Å². The van der Waals surface area contributed by atoms with E-state index in [9.17, 15) is 23.2 Å². The monoisotopic (exact) mass is 481 g/mol. The Morgan fingerprint density at radius 3 is 2.46 bits per heavy atom. The Balaban J connectivity index is 1.70. The predicted octanol–water partition coefficient (Wildman–Crippen LogP) is 5.12. The Labute approximate surface area is 202 Å². The number of nitriles is 1. The van der Waals surface area contributed by atoms with Gasteiger partial charge in [0.2, 0.25) is 5.91 Å². The van der Waals surface area contributed by atoms with Gasteiger partial charge >= 0.3 is 0 Å². The highest BCUT2D eigenvalue weighted by Gasteiger charge is 2.46. The van der Waals surface area contributed by atoms with Crippen LogP contribution in [0.3, 0.4) is 0 Å². The predicted molar refractivity (Wildman–Crippen MR) is 127 cm³/mol. The molecule has 0 aromatic heterocycles. The minimum absolute atomic E-state index is 0.0183. The van der Waals surface area contributed by atoms with Crippen LogP contribution in [0.2, 0.25) is 0 Å². The molecular weight excluding hydrogens is 455 g/mol. The second kappa shape index (κ2) is 9.59. The van der Waals surface area contributed by atoms with E-state index in [1.807, 2.05) is 24.3 Å². The minimum atomic E-state index is -2.78. The van der Waals surface area contributed by atoms with Crippen LogP contribution in [-0.4, -0.2) is 36.9 Å². The molecule has 3 aromatic rings. The van der Waals surface area contributed by atoms with Crippen molar-refractivity contribution in [3.8, 4) is 11.8 Å². The van der Waals surface area contributed by atoms with E-state index in [0.717, 1.165) is 10.8 Å². The molecule has 0 radical (unpaired) electrons. The number of carbonyl (C=O) groups excluding carboxylic acids is 1. The quantitative estimate of drug-likeness (QED) is 0.531. The maximum atomic E-state index is 13.9. The van der Waals surface area contributed by atoms with Crippen LogP contribution < -0.4 is 10.1 Å². The third-order valence-corrected chi connectivity index (χ3v) is 6.83. The molecule has 1 unspecified atom stereocenters. The summed E-state index contributed by atoms with van der Waals surface area (Å²) in [4.78, 5) is 15.5. The highest BCUT2D eigenvalue weighted by atomic mass is 19.3. The summed E-state index contributed by atoms with van der Waals surface area (Å²) in [6.45, 7) is 1.76. The molecule has 0 aliphatic carbocycles. The second-order valence-corrected chi connectivity index (χ2v) is 8.87. The van der Waals surface area contributed by atoms with Gasteiger partial charge in [0.15, 0.2) is 0 Å². The Hall–Kier alpha value is -3.57. The Morgan fingerprint density at radius 1 is 1.17 bits per heavy atom. The number of rotatable bonds is 6. The van der Waals surface area contributed by atoms with Crippen molar-refractivity contribution in [1.29, 1.82) is 5.26 Å². The molecule has 182 valence electrons. The van der Waals surface area contributed by atoms with E-state index in [1.165, 1.54) is 31.4 Å². The summed E-state index contributed by atoms with van der Waals surface area (Å²) < 4.78 is 46.9. The zero-order valence-corrected chi connectivity index (χ0v) is 19.6. The normalized spacial score (nSPS) is 17.4. The summed E-state index contributed by atoms with van der Waals surface area (Å²) in [6.07, 6.45) is -0.723. The molecule has 1 fully saturated rings. The first-order valence-electron chi connectivity index (χ1n) is 11.4. The molecule has 4 rings (SSSR count). The second-order valence-electron chi connectivity index (χ2n) is 8.87. The van der Waals surface area contributed by atoms with Crippen molar-refractivity contribution in [1.82, 2.24) is 10.2 Å². The average Bonchev–Trinajstić information content (AvgIpc) is 2.86. The number of nitrogens with one attached hydrogen (secondary N) is 1. The fourth-order valence-electron chi connectivity index (χ4n) is 4.75. The van der Waals surface area contributed by atoms with Gasteiger partial charge < -0.3 is 10.1 Å². The number of halogens is 3. The third kappa shape index (κ3) is 4.69. The zero-order valence-electron chi connectivity index (χ0n) is 19.6. The number of amides is 1. The Bertz CT molecular complexity index is 1280. The van der Waals surface area contributed by atoms with Crippen molar-refractivity contribution < 1.29 is 22.7 Å². The van der Waals surface area contributed by atoms with Crippen LogP contribution in [-0.2, 0) is 16.9 Å². The first-order valence-corrected chi connectivity index (χ1v) is 11.4. The number of benzene rings is 3. The van der Waals surface area contributed by atoms with E-state index in [4.69, 9.17) is 4.74 Å². The van der Waals surface area contributed by atoms with Crippen molar-refractivity contribution in [3.63, 3.8) is 0 Å². The van der Waals surface area contributed by atoms with Gasteiger partial charge in [-0.25, -0.2) is 13.2 Å². The summed E-state index contributed by atoms with van der Waals surface area (Å²) in [5, 5.41) is 14.2. The molecule has 0 saturated carbocycles. The summed E-state index contributed by atoms with van der Waals surface area (Å²) in [6, 6.07) is 16.9. The van der Waals surface area contributed by atoms with Crippen LogP contribution in [0.4, 0.5) is 13.2 Å². The lowest BCUT2D eigenvalue weighted by atomic mass is 9.86. The smallest absolute Gasteiger partial charge is 0.250 e. The van der Waals surface area contributed by atoms with Crippen LogP contribution >= 0.6 is 0 Å². The topological polar surface area (TPSA) is 65.4 Å². The molecule has 35 heavy (non-hydrogen) atoms. The summed E-state index contributed by atoms with van der Waals surface area (Å²) in [7, 11) is 1.47. The summed E-state index contributed by atoms with van der Waals surface area (Å²) in [5.41, 5.74) is 0.182. The van der Waals surface area contributed by atoms with Gasteiger partial charge in [-0.2, -0.15) is 5.26 Å². The fourth-order valence-corrected chi connectivity index (χ4v) is 4.75. The van der Waals surface area contributed by atoms with Gasteiger partial charge in [0, 0.05) is 38.0 Å². The molecule has 5 nitrogen and oxygen atoms in total. The van der Waals surface area contributed by atoms with Crippen molar-refractivity contribution >= 4 is 16.7 Å². The van der Waals surface area contributed by atoms with Gasteiger partial charge in [0.05, 0.1) is 12.7 Å². The molecule has 0 bridgehead atoms. The number of ether oxygens (including phenoxy) is 1. The van der Waals surface area contributed by atoms with Crippen LogP contribution in [0.25, 0.3) is 10.8 Å². The molecule has 1 N–H and O–H groups in total. The molecule has 1 aliphatic rings. The largest absolute Gasteiger partial charge is 0.495 e. The summed E-state index contributed by atoms with van der Waals surface area (Å²) in [5.74, 6) is -3.28. The molecule has 1 saturated heterocycles. The number of fused-ring (bicyclic) bond motifs is 1. The number of likely N-dealkylation sites (tertiary alicyclic amines) is 1. The molecule has 1 aliphatic heterocycles. The van der Waals surface area contributed by atoms with Gasteiger partial charge in [0.25, 0.3) is 5.92 Å². The number of hydrogen-bond donors (Lipinski definition) is 1. The molecular formula is C27H26F3N3O2. The maximum absolute atomic E-state index is 13.9. The van der Waals surface area contributed by atoms with E-state index >= 15 is 0 Å². The van der Waals surface area contributed by atoms with E-state index in [1.54, 1.807) is 17.9 Å². The SMILES string of the molecule is COc1c(C#N)cc2ccccc2c1CNC(=O)C(C)(c1ccc(F)cc1)N1CCC(F)(F)CC1. The Kier molecular flexibility index (Phi) is 6.73. The molecule has 1 heterocycles. The molecule has 3 aromatic carbocycles. The highest BCUT2D eigenvalue weighted by Crippen LogP contribution is 2.37. The van der Waals surface area contributed by atoms with E-state index in [0.29, 0.717) is 22.4 Å². The van der Waals surface area contributed by atoms with Crippen molar-refractivity contribution in [2.45, 2.75) is 37.8 Å². The number of nitrogens with zero attached hydrogens (tertiary/aromatic N) is 2. The first kappa shape index (κ1) is 24.6. The third-order valence-electron chi connectivity index (χ3n) is 6.83. The van der Waals surface area contributed by atoms with Gasteiger partial charge in [-0.05, 0) is 41.5 Å². The van der Waals surface area contributed by atoms with Gasteiger partial charge in [-0.1, -0.05) is 36.4 Å². The number of alkyl halides is 2. The van der Waals surface area contributed by atoms with Gasteiger partial charge in [-0.15, -0.1) is 0 Å². The van der Waals surface area contributed by atoms with E-state index in [2.05, 4.69) is 11.4 Å². The number of piperidine rings is 1. The van der Waals surface area contributed by atoms with E-state index in [-0.39, 0.29) is 32.5 Å². The van der Waals surface area contributed by atoms with Gasteiger partial charge in [-0.3, -0.25) is 9.69 Å². The first-order chi connectivity index (χ1) is 16.7. The molecule has 1 amide bonds. The van der Waals surface area contributed by atoms with Crippen molar-refractivity contribution in [3.05, 3.63) is 77.1 Å².